The number of nitrogens with zero attached hydrogens (tertiary/aromatic N) is 4. The lowest BCUT2D eigenvalue weighted by Gasteiger charge is -2.14. The van der Waals surface area contributed by atoms with Crippen molar-refractivity contribution in [1.29, 1.82) is 0 Å². The second-order valence-electron chi connectivity index (χ2n) is 9.97. The van der Waals surface area contributed by atoms with Gasteiger partial charge in [0, 0.05) is 40.5 Å². The minimum atomic E-state index is 0.684. The maximum absolute atomic E-state index is 5.15. The zero-order valence-corrected chi connectivity index (χ0v) is 21.5. The molecular formula is C36H22N4. The van der Waals surface area contributed by atoms with Gasteiger partial charge in [-0.2, -0.15) is 0 Å². The smallest absolute Gasteiger partial charge is 0.159 e. The highest BCUT2D eigenvalue weighted by molar-refractivity contribution is 6.14. The molecule has 3 aromatic heterocycles. The van der Waals surface area contributed by atoms with Crippen LogP contribution in [-0.4, -0.2) is 19.9 Å². The van der Waals surface area contributed by atoms with Crippen molar-refractivity contribution in [2.75, 3.05) is 0 Å². The molecule has 40 heavy (non-hydrogen) atoms. The average Bonchev–Trinajstić information content (AvgIpc) is 3.04. The van der Waals surface area contributed by atoms with E-state index in [0.717, 1.165) is 44.2 Å². The zero-order valence-electron chi connectivity index (χ0n) is 21.5. The van der Waals surface area contributed by atoms with Gasteiger partial charge < -0.3 is 0 Å². The summed E-state index contributed by atoms with van der Waals surface area (Å²) < 4.78 is 0. The van der Waals surface area contributed by atoms with Gasteiger partial charge in [-0.15, -0.1) is 0 Å². The molecule has 4 heteroatoms. The van der Waals surface area contributed by atoms with E-state index < -0.39 is 0 Å². The number of aromatic nitrogens is 4. The minimum absolute atomic E-state index is 0.684. The van der Waals surface area contributed by atoms with Crippen LogP contribution >= 0.6 is 0 Å². The molecular weight excluding hydrogens is 488 g/mol. The standard InChI is InChI=1S/C36H22N4/c1-2-9-29-25(7-1)22-32(31-11-4-3-10-30(29)31)26-19-27(21-28(20-26)36-38-17-6-18-39-36)33-15-14-24-13-12-23-8-5-16-37-34(23)35(24)40-33/h1-22H. The molecule has 0 unspecified atom stereocenters. The van der Waals surface area contributed by atoms with Crippen LogP contribution in [0.5, 0.6) is 0 Å². The Labute approximate surface area is 230 Å². The normalized spacial score (nSPS) is 11.5. The molecule has 0 atom stereocenters. The second-order valence-corrected chi connectivity index (χ2v) is 9.97. The molecule has 0 spiro atoms. The topological polar surface area (TPSA) is 51.6 Å². The van der Waals surface area contributed by atoms with Crippen LogP contribution in [0.4, 0.5) is 0 Å². The highest BCUT2D eigenvalue weighted by Crippen LogP contribution is 2.38. The number of hydrogen-bond donors (Lipinski definition) is 0. The summed E-state index contributed by atoms with van der Waals surface area (Å²) in [5, 5.41) is 7.05. The number of hydrogen-bond acceptors (Lipinski definition) is 4. The van der Waals surface area contributed by atoms with Crippen molar-refractivity contribution in [3.8, 4) is 33.8 Å². The molecule has 0 aliphatic heterocycles. The van der Waals surface area contributed by atoms with Gasteiger partial charge in [-0.25, -0.2) is 15.0 Å². The molecule has 0 saturated carbocycles. The maximum Gasteiger partial charge on any atom is 0.159 e. The molecule has 8 rings (SSSR count). The predicted octanol–water partition coefficient (Wildman–Crippen LogP) is 8.88. The fraction of sp³-hybridized carbons (Fsp3) is 0. The van der Waals surface area contributed by atoms with Crippen molar-refractivity contribution in [3.05, 3.63) is 134 Å². The SMILES string of the molecule is c1cnc(-c2cc(-c3ccc4ccc5cccnc5c4n3)cc(-c3cc4ccccc4c4ccccc34)c2)nc1. The zero-order chi connectivity index (χ0) is 26.5. The third kappa shape index (κ3) is 3.69. The molecule has 8 aromatic rings. The van der Waals surface area contributed by atoms with Crippen molar-refractivity contribution >= 4 is 43.4 Å². The largest absolute Gasteiger partial charge is 0.254 e. The molecule has 0 radical (unpaired) electrons. The number of benzene rings is 5. The molecule has 0 aliphatic rings. The van der Waals surface area contributed by atoms with Crippen LogP contribution in [0.2, 0.25) is 0 Å². The molecule has 5 aromatic carbocycles. The number of fused-ring (bicyclic) bond motifs is 6. The first-order valence-corrected chi connectivity index (χ1v) is 13.3. The van der Waals surface area contributed by atoms with E-state index in [0.29, 0.717) is 5.82 Å². The van der Waals surface area contributed by atoms with E-state index in [1.54, 1.807) is 12.4 Å². The molecule has 0 bridgehead atoms. The Balaban J connectivity index is 1.42. The van der Waals surface area contributed by atoms with E-state index in [9.17, 15) is 0 Å². The van der Waals surface area contributed by atoms with Crippen LogP contribution in [0.25, 0.3) is 77.1 Å². The van der Waals surface area contributed by atoms with Crippen LogP contribution in [0.1, 0.15) is 0 Å². The van der Waals surface area contributed by atoms with Gasteiger partial charge in [-0.1, -0.05) is 72.8 Å². The van der Waals surface area contributed by atoms with E-state index >= 15 is 0 Å². The molecule has 0 fully saturated rings. The predicted molar refractivity (Wildman–Crippen MR) is 164 cm³/mol. The minimum Gasteiger partial charge on any atom is -0.254 e. The molecule has 0 saturated heterocycles. The first-order valence-electron chi connectivity index (χ1n) is 13.3. The Bertz CT molecular complexity index is 2220. The highest BCUT2D eigenvalue weighted by Gasteiger charge is 2.14. The Hall–Kier alpha value is -5.48. The molecule has 0 amide bonds. The van der Waals surface area contributed by atoms with E-state index in [1.165, 1.54) is 27.1 Å². The Morgan fingerprint density at radius 1 is 0.400 bits per heavy atom. The molecule has 0 aliphatic carbocycles. The monoisotopic (exact) mass is 510 g/mol. The lowest BCUT2D eigenvalue weighted by molar-refractivity contribution is 1.18. The van der Waals surface area contributed by atoms with Gasteiger partial charge in [0.2, 0.25) is 0 Å². The van der Waals surface area contributed by atoms with Gasteiger partial charge >= 0.3 is 0 Å². The molecule has 0 N–H and O–H groups in total. The second kappa shape index (κ2) is 9.07. The quantitative estimate of drug-likeness (QED) is 0.223. The number of pyridine rings is 2. The van der Waals surface area contributed by atoms with Crippen LogP contribution in [0, 0.1) is 0 Å². The van der Waals surface area contributed by atoms with Crippen LogP contribution in [0.15, 0.2) is 134 Å². The van der Waals surface area contributed by atoms with Crippen molar-refractivity contribution in [2.45, 2.75) is 0 Å². The summed E-state index contributed by atoms with van der Waals surface area (Å²) in [6.45, 7) is 0. The van der Waals surface area contributed by atoms with E-state index in [1.807, 2.05) is 18.3 Å². The first kappa shape index (κ1) is 22.5. The summed E-state index contributed by atoms with van der Waals surface area (Å²) in [4.78, 5) is 19.0. The van der Waals surface area contributed by atoms with Crippen LogP contribution in [0.3, 0.4) is 0 Å². The Morgan fingerprint density at radius 2 is 1.05 bits per heavy atom. The number of rotatable bonds is 3. The molecule has 186 valence electrons. The lowest BCUT2D eigenvalue weighted by atomic mass is 9.91. The van der Waals surface area contributed by atoms with Crippen molar-refractivity contribution in [3.63, 3.8) is 0 Å². The van der Waals surface area contributed by atoms with Crippen molar-refractivity contribution < 1.29 is 0 Å². The Morgan fingerprint density at radius 3 is 1.93 bits per heavy atom. The van der Waals surface area contributed by atoms with Crippen molar-refractivity contribution in [2.24, 2.45) is 0 Å². The van der Waals surface area contributed by atoms with Gasteiger partial charge in [-0.3, -0.25) is 4.98 Å². The van der Waals surface area contributed by atoms with Gasteiger partial charge in [-0.05, 0) is 75.1 Å². The molecule has 3 heterocycles. The van der Waals surface area contributed by atoms with Crippen LogP contribution < -0.4 is 0 Å². The summed E-state index contributed by atoms with van der Waals surface area (Å²) >= 11 is 0. The Kier molecular flexibility index (Phi) is 5.10. The lowest BCUT2D eigenvalue weighted by Crippen LogP contribution is -1.93. The van der Waals surface area contributed by atoms with Crippen LogP contribution in [-0.2, 0) is 0 Å². The summed E-state index contributed by atoms with van der Waals surface area (Å²) in [7, 11) is 0. The molecule has 4 nitrogen and oxygen atoms in total. The van der Waals surface area contributed by atoms with E-state index in [2.05, 4.69) is 118 Å². The average molecular weight is 511 g/mol. The summed E-state index contributed by atoms with van der Waals surface area (Å²) in [5.41, 5.74) is 6.91. The van der Waals surface area contributed by atoms with Gasteiger partial charge in [0.15, 0.2) is 5.82 Å². The maximum atomic E-state index is 5.15. The highest BCUT2D eigenvalue weighted by atomic mass is 14.9. The van der Waals surface area contributed by atoms with Gasteiger partial charge in [0.05, 0.1) is 16.7 Å². The van der Waals surface area contributed by atoms with Gasteiger partial charge in [0.1, 0.15) is 0 Å². The summed E-state index contributed by atoms with van der Waals surface area (Å²) in [6.07, 6.45) is 5.39. The summed E-state index contributed by atoms with van der Waals surface area (Å²) in [6, 6.07) is 40.3. The summed E-state index contributed by atoms with van der Waals surface area (Å²) in [5.74, 6) is 0.684. The third-order valence-electron chi connectivity index (χ3n) is 7.56. The van der Waals surface area contributed by atoms with Crippen molar-refractivity contribution in [1.82, 2.24) is 19.9 Å². The fourth-order valence-electron chi connectivity index (χ4n) is 5.69. The van der Waals surface area contributed by atoms with E-state index in [-0.39, 0.29) is 0 Å². The fourth-order valence-corrected chi connectivity index (χ4v) is 5.69. The van der Waals surface area contributed by atoms with Gasteiger partial charge in [0.25, 0.3) is 0 Å². The van der Waals surface area contributed by atoms with E-state index in [4.69, 9.17) is 4.98 Å². The third-order valence-corrected chi connectivity index (χ3v) is 7.56. The first-order chi connectivity index (χ1) is 19.8.